The number of halogens is 2. The molecule has 14 heavy (non-hydrogen) atoms. The third kappa shape index (κ3) is 3.24. The predicted molar refractivity (Wildman–Crippen MR) is 61.7 cm³/mol. The van der Waals surface area contributed by atoms with Crippen LogP contribution in [0.4, 0.5) is 4.39 Å². The highest BCUT2D eigenvalue weighted by molar-refractivity contribution is 9.10. The van der Waals surface area contributed by atoms with Gasteiger partial charge < -0.3 is 5.32 Å². The molecule has 0 aliphatic rings. The van der Waals surface area contributed by atoms with Crippen molar-refractivity contribution in [1.29, 1.82) is 0 Å². The molecule has 0 saturated heterocycles. The molecular formula is C11H13BrFN. The van der Waals surface area contributed by atoms with E-state index in [-0.39, 0.29) is 5.82 Å². The van der Waals surface area contributed by atoms with Crippen LogP contribution >= 0.6 is 15.9 Å². The number of hydrogen-bond acceptors (Lipinski definition) is 1. The van der Waals surface area contributed by atoms with E-state index < -0.39 is 0 Å². The first-order valence-corrected chi connectivity index (χ1v) is 5.23. The van der Waals surface area contributed by atoms with Crippen LogP contribution < -0.4 is 5.32 Å². The van der Waals surface area contributed by atoms with Crippen molar-refractivity contribution in [1.82, 2.24) is 5.32 Å². The van der Waals surface area contributed by atoms with E-state index in [4.69, 9.17) is 0 Å². The van der Waals surface area contributed by atoms with Gasteiger partial charge in [0.15, 0.2) is 0 Å². The van der Waals surface area contributed by atoms with Gasteiger partial charge in [-0.1, -0.05) is 18.2 Å². The molecule has 1 unspecified atom stereocenters. The lowest BCUT2D eigenvalue weighted by molar-refractivity contribution is 0.621. The van der Waals surface area contributed by atoms with Crippen molar-refractivity contribution in [2.45, 2.75) is 13.0 Å². The summed E-state index contributed by atoms with van der Waals surface area (Å²) in [5.41, 5.74) is 0.986. The molecule has 0 radical (unpaired) electrons. The molecule has 0 fully saturated rings. The molecule has 1 nitrogen and oxygen atoms in total. The molecule has 0 saturated carbocycles. The maximum Gasteiger partial charge on any atom is 0.137 e. The molecular weight excluding hydrogens is 245 g/mol. The third-order valence-electron chi connectivity index (χ3n) is 1.98. The molecule has 0 aliphatic carbocycles. The van der Waals surface area contributed by atoms with E-state index in [1.165, 1.54) is 6.07 Å². The van der Waals surface area contributed by atoms with Gasteiger partial charge >= 0.3 is 0 Å². The summed E-state index contributed by atoms with van der Waals surface area (Å²) in [6.45, 7) is 2.05. The fourth-order valence-electron chi connectivity index (χ4n) is 0.968. The Hall–Kier alpha value is -0.670. The maximum atomic E-state index is 12.9. The number of rotatable bonds is 3. The standard InChI is InChI=1S/C11H13BrFN/c1-8(14-2)3-4-9-5-6-11(13)10(12)7-9/h3-8,14H,1-2H3/b4-3+. The Labute approximate surface area is 92.1 Å². The summed E-state index contributed by atoms with van der Waals surface area (Å²) in [4.78, 5) is 0. The van der Waals surface area contributed by atoms with E-state index >= 15 is 0 Å². The lowest BCUT2D eigenvalue weighted by Crippen LogP contribution is -2.17. The summed E-state index contributed by atoms with van der Waals surface area (Å²) in [5, 5.41) is 3.09. The highest BCUT2D eigenvalue weighted by Gasteiger charge is 1.98. The first-order valence-electron chi connectivity index (χ1n) is 4.44. The van der Waals surface area contributed by atoms with Crippen molar-refractivity contribution in [3.05, 3.63) is 40.1 Å². The van der Waals surface area contributed by atoms with Crippen LogP contribution in [0.5, 0.6) is 0 Å². The van der Waals surface area contributed by atoms with Crippen LogP contribution in [0.1, 0.15) is 12.5 Å². The summed E-state index contributed by atoms with van der Waals surface area (Å²) in [6.07, 6.45) is 3.99. The minimum atomic E-state index is -0.233. The zero-order valence-electron chi connectivity index (χ0n) is 8.22. The summed E-state index contributed by atoms with van der Waals surface area (Å²) in [6, 6.07) is 5.28. The highest BCUT2D eigenvalue weighted by Crippen LogP contribution is 2.17. The smallest absolute Gasteiger partial charge is 0.137 e. The topological polar surface area (TPSA) is 12.0 Å². The van der Waals surface area contributed by atoms with Gasteiger partial charge in [0.1, 0.15) is 5.82 Å². The van der Waals surface area contributed by atoms with Crippen LogP contribution in [0, 0.1) is 5.82 Å². The van der Waals surface area contributed by atoms with Crippen LogP contribution in [0.25, 0.3) is 6.08 Å². The van der Waals surface area contributed by atoms with Crippen molar-refractivity contribution in [2.75, 3.05) is 7.05 Å². The van der Waals surface area contributed by atoms with Gasteiger partial charge in [-0.2, -0.15) is 0 Å². The Balaban J connectivity index is 2.77. The van der Waals surface area contributed by atoms with Crippen LogP contribution in [0.15, 0.2) is 28.7 Å². The lowest BCUT2D eigenvalue weighted by atomic mass is 10.2. The van der Waals surface area contributed by atoms with Crippen molar-refractivity contribution < 1.29 is 4.39 Å². The van der Waals surface area contributed by atoms with Crippen molar-refractivity contribution in [3.63, 3.8) is 0 Å². The molecule has 0 aromatic heterocycles. The number of benzene rings is 1. The average Bonchev–Trinajstić information content (AvgIpc) is 2.19. The maximum absolute atomic E-state index is 12.9. The molecule has 1 aromatic rings. The SMILES string of the molecule is CNC(C)/C=C/c1ccc(F)c(Br)c1. The number of hydrogen-bond donors (Lipinski definition) is 1. The predicted octanol–water partition coefficient (Wildman–Crippen LogP) is 3.21. The Morgan fingerprint density at radius 3 is 2.79 bits per heavy atom. The van der Waals surface area contributed by atoms with E-state index in [1.807, 2.05) is 19.2 Å². The first kappa shape index (κ1) is 11.4. The number of likely N-dealkylation sites (N-methyl/N-ethyl adjacent to an activating group) is 1. The summed E-state index contributed by atoms with van der Waals surface area (Å²) in [7, 11) is 1.90. The molecule has 1 aromatic carbocycles. The zero-order chi connectivity index (χ0) is 10.6. The Kier molecular flexibility index (Phi) is 4.29. The largest absolute Gasteiger partial charge is 0.314 e. The minimum absolute atomic E-state index is 0.233. The molecule has 1 N–H and O–H groups in total. The lowest BCUT2D eigenvalue weighted by Gasteiger charge is -2.02. The Bertz CT molecular complexity index is 336. The van der Waals surface area contributed by atoms with E-state index in [2.05, 4.69) is 28.2 Å². The molecule has 0 spiro atoms. The molecule has 0 aliphatic heterocycles. The monoisotopic (exact) mass is 257 g/mol. The second kappa shape index (κ2) is 5.27. The quantitative estimate of drug-likeness (QED) is 0.877. The first-order chi connectivity index (χ1) is 6.63. The van der Waals surface area contributed by atoms with Gasteiger partial charge in [0.25, 0.3) is 0 Å². The Morgan fingerprint density at radius 1 is 1.50 bits per heavy atom. The fraction of sp³-hybridized carbons (Fsp3) is 0.273. The number of nitrogens with one attached hydrogen (secondary N) is 1. The van der Waals surface area contributed by atoms with Crippen LogP contribution in [-0.4, -0.2) is 13.1 Å². The normalized spacial score (nSPS) is 13.4. The van der Waals surface area contributed by atoms with Crippen LogP contribution in [-0.2, 0) is 0 Å². The van der Waals surface area contributed by atoms with Gasteiger partial charge in [-0.15, -0.1) is 0 Å². The van der Waals surface area contributed by atoms with Gasteiger partial charge in [-0.25, -0.2) is 4.39 Å². The van der Waals surface area contributed by atoms with Gasteiger partial charge in [0, 0.05) is 6.04 Å². The van der Waals surface area contributed by atoms with Crippen molar-refractivity contribution in [2.24, 2.45) is 0 Å². The van der Waals surface area contributed by atoms with Gasteiger partial charge in [0.05, 0.1) is 4.47 Å². The molecule has 0 heterocycles. The van der Waals surface area contributed by atoms with E-state index in [0.717, 1.165) is 5.56 Å². The Morgan fingerprint density at radius 2 is 2.21 bits per heavy atom. The van der Waals surface area contributed by atoms with Crippen LogP contribution in [0.3, 0.4) is 0 Å². The molecule has 3 heteroatoms. The fourth-order valence-corrected chi connectivity index (χ4v) is 1.36. The summed E-state index contributed by atoms with van der Waals surface area (Å²) in [5.74, 6) is -0.233. The second-order valence-corrected chi connectivity index (χ2v) is 3.96. The van der Waals surface area contributed by atoms with Crippen molar-refractivity contribution in [3.8, 4) is 0 Å². The summed E-state index contributed by atoms with van der Waals surface area (Å²) < 4.78 is 13.4. The van der Waals surface area contributed by atoms with Gasteiger partial charge in [-0.05, 0) is 47.6 Å². The molecule has 76 valence electrons. The van der Waals surface area contributed by atoms with E-state index in [0.29, 0.717) is 10.5 Å². The molecule has 1 atom stereocenters. The van der Waals surface area contributed by atoms with Gasteiger partial charge in [-0.3, -0.25) is 0 Å². The van der Waals surface area contributed by atoms with Crippen LogP contribution in [0.2, 0.25) is 0 Å². The zero-order valence-corrected chi connectivity index (χ0v) is 9.81. The van der Waals surface area contributed by atoms with Crippen molar-refractivity contribution >= 4 is 22.0 Å². The van der Waals surface area contributed by atoms with E-state index in [1.54, 1.807) is 12.1 Å². The molecule has 0 bridgehead atoms. The second-order valence-electron chi connectivity index (χ2n) is 3.11. The average molecular weight is 258 g/mol. The highest BCUT2D eigenvalue weighted by atomic mass is 79.9. The van der Waals surface area contributed by atoms with E-state index in [9.17, 15) is 4.39 Å². The summed E-state index contributed by atoms with van der Waals surface area (Å²) >= 11 is 3.15. The minimum Gasteiger partial charge on any atom is -0.314 e. The molecule has 0 amide bonds. The molecule has 1 rings (SSSR count). The van der Waals surface area contributed by atoms with Gasteiger partial charge in [0.2, 0.25) is 0 Å². The third-order valence-corrected chi connectivity index (χ3v) is 2.58.